The number of piperazine rings is 1. The van der Waals surface area contributed by atoms with E-state index in [2.05, 4.69) is 37.7 Å². The maximum atomic E-state index is 13.9. The molecule has 174 valence electrons. The van der Waals surface area contributed by atoms with Crippen molar-refractivity contribution in [3.05, 3.63) is 89.5 Å². The van der Waals surface area contributed by atoms with Crippen LogP contribution < -0.4 is 10.2 Å². The Hall–Kier alpha value is -3.36. The largest absolute Gasteiger partial charge is 0.353 e. The molecule has 1 amide bonds. The molecule has 5 rings (SSSR count). The summed E-state index contributed by atoms with van der Waals surface area (Å²) in [5.74, 6) is -1.10. The van der Waals surface area contributed by atoms with Gasteiger partial charge in [0.15, 0.2) is 0 Å². The fourth-order valence-electron chi connectivity index (χ4n) is 4.25. The van der Waals surface area contributed by atoms with Crippen LogP contribution in [0.1, 0.15) is 15.9 Å². The molecule has 4 aromatic rings. The van der Waals surface area contributed by atoms with Gasteiger partial charge >= 0.3 is 0 Å². The van der Waals surface area contributed by atoms with Gasteiger partial charge in [-0.1, -0.05) is 24.3 Å². The summed E-state index contributed by atoms with van der Waals surface area (Å²) in [6, 6.07) is 18.8. The summed E-state index contributed by atoms with van der Waals surface area (Å²) in [5, 5.41) is 3.93. The first-order valence-corrected chi connectivity index (χ1v) is 12.0. The van der Waals surface area contributed by atoms with Crippen LogP contribution in [0.4, 0.5) is 20.3 Å². The van der Waals surface area contributed by atoms with Crippen molar-refractivity contribution in [2.45, 2.75) is 6.42 Å². The lowest BCUT2D eigenvalue weighted by Crippen LogP contribution is -2.47. The van der Waals surface area contributed by atoms with E-state index >= 15 is 0 Å². The van der Waals surface area contributed by atoms with Gasteiger partial charge in [-0.2, -0.15) is 4.37 Å². The molecule has 0 unspecified atom stereocenters. The fourth-order valence-corrected chi connectivity index (χ4v) is 5.04. The molecule has 0 atom stereocenters. The van der Waals surface area contributed by atoms with Gasteiger partial charge in [-0.3, -0.25) is 9.69 Å². The van der Waals surface area contributed by atoms with Crippen LogP contribution in [0.15, 0.2) is 66.7 Å². The van der Waals surface area contributed by atoms with Gasteiger partial charge in [-0.15, -0.1) is 0 Å². The summed E-state index contributed by atoms with van der Waals surface area (Å²) >= 11 is 1.55. The third-order valence-corrected chi connectivity index (χ3v) is 6.92. The Kier molecular flexibility index (Phi) is 6.51. The Balaban J connectivity index is 1.15. The highest BCUT2D eigenvalue weighted by Gasteiger charge is 2.20. The standard InChI is InChI=1S/C26H24F2N4OS/c27-19-8-9-21(23(28)17-19)26(33)29-20-5-3-4-18(16-20)10-11-31-12-14-32(15-13-31)25-22-6-1-2-7-24(22)34-30-25/h1-9,16-17H,10-15H2,(H,29,33). The Bertz CT molecular complexity index is 1320. The number of nitrogens with one attached hydrogen (secondary N) is 1. The first kappa shape index (κ1) is 22.4. The second-order valence-corrected chi connectivity index (χ2v) is 9.16. The number of carbonyl (C=O) groups is 1. The molecule has 0 aliphatic carbocycles. The van der Waals surface area contributed by atoms with E-state index in [1.54, 1.807) is 17.6 Å². The van der Waals surface area contributed by atoms with Crippen LogP contribution in [0.25, 0.3) is 10.1 Å². The third-order valence-electron chi connectivity index (χ3n) is 6.11. The van der Waals surface area contributed by atoms with Gasteiger partial charge in [0.2, 0.25) is 0 Å². The second-order valence-electron chi connectivity index (χ2n) is 8.36. The zero-order chi connectivity index (χ0) is 23.5. The highest BCUT2D eigenvalue weighted by Crippen LogP contribution is 2.29. The van der Waals surface area contributed by atoms with Gasteiger partial charge in [0.1, 0.15) is 17.5 Å². The third kappa shape index (κ3) is 4.93. The number of hydrogen-bond acceptors (Lipinski definition) is 5. The number of amides is 1. The first-order chi connectivity index (χ1) is 16.6. The minimum absolute atomic E-state index is 0.183. The number of anilines is 2. The number of rotatable bonds is 6. The lowest BCUT2D eigenvalue weighted by atomic mass is 10.1. The lowest BCUT2D eigenvalue weighted by molar-refractivity contribution is 0.102. The molecule has 1 saturated heterocycles. The number of aromatic nitrogens is 1. The highest BCUT2D eigenvalue weighted by molar-refractivity contribution is 7.13. The molecule has 34 heavy (non-hydrogen) atoms. The average Bonchev–Trinajstić information content (AvgIpc) is 3.27. The molecule has 1 N–H and O–H groups in total. The molecule has 8 heteroatoms. The Morgan fingerprint density at radius 3 is 2.62 bits per heavy atom. The average molecular weight is 479 g/mol. The Morgan fingerprint density at radius 2 is 1.79 bits per heavy atom. The van der Waals surface area contributed by atoms with Crippen LogP contribution in [-0.2, 0) is 6.42 Å². The quantitative estimate of drug-likeness (QED) is 0.414. The molecule has 1 aromatic heterocycles. The number of hydrogen-bond donors (Lipinski definition) is 1. The SMILES string of the molecule is O=C(Nc1cccc(CCN2CCN(c3nsc4ccccc34)CC2)c1)c1ccc(F)cc1F. The topological polar surface area (TPSA) is 48.5 Å². The Morgan fingerprint density at radius 1 is 0.971 bits per heavy atom. The summed E-state index contributed by atoms with van der Waals surface area (Å²) in [6.45, 7) is 4.72. The molecule has 2 heterocycles. The highest BCUT2D eigenvalue weighted by atomic mass is 32.1. The first-order valence-electron chi connectivity index (χ1n) is 11.2. The van der Waals surface area contributed by atoms with Crippen molar-refractivity contribution in [1.29, 1.82) is 0 Å². The molecule has 1 aliphatic heterocycles. The summed E-state index contributed by atoms with van der Waals surface area (Å²) in [5.41, 5.74) is 1.49. The van der Waals surface area contributed by atoms with E-state index in [-0.39, 0.29) is 5.56 Å². The molecule has 5 nitrogen and oxygen atoms in total. The van der Waals surface area contributed by atoms with Crippen molar-refractivity contribution in [3.63, 3.8) is 0 Å². The number of benzene rings is 3. The van der Waals surface area contributed by atoms with Gasteiger partial charge in [0, 0.05) is 49.9 Å². The minimum atomic E-state index is -0.876. The van der Waals surface area contributed by atoms with Crippen molar-refractivity contribution < 1.29 is 13.6 Å². The molecule has 1 aliphatic rings. The zero-order valence-electron chi connectivity index (χ0n) is 18.5. The molecule has 0 bridgehead atoms. The van der Waals surface area contributed by atoms with Crippen molar-refractivity contribution in [2.75, 3.05) is 42.9 Å². The van der Waals surface area contributed by atoms with E-state index in [1.807, 2.05) is 24.3 Å². The number of fused-ring (bicyclic) bond motifs is 1. The normalized spacial score (nSPS) is 14.5. The second kappa shape index (κ2) is 9.87. The fraction of sp³-hybridized carbons (Fsp3) is 0.231. The van der Waals surface area contributed by atoms with Gasteiger partial charge in [-0.25, -0.2) is 8.78 Å². The van der Waals surface area contributed by atoms with Crippen molar-refractivity contribution >= 4 is 39.0 Å². The van der Waals surface area contributed by atoms with Crippen LogP contribution in [0, 0.1) is 11.6 Å². The van der Waals surface area contributed by atoms with E-state index in [9.17, 15) is 13.6 Å². The maximum Gasteiger partial charge on any atom is 0.258 e. The molecule has 0 saturated carbocycles. The van der Waals surface area contributed by atoms with Gasteiger partial charge in [0.25, 0.3) is 5.91 Å². The van der Waals surface area contributed by atoms with Gasteiger partial charge < -0.3 is 10.2 Å². The monoisotopic (exact) mass is 478 g/mol. The molecule has 0 spiro atoms. The predicted molar refractivity (Wildman–Crippen MR) is 133 cm³/mol. The lowest BCUT2D eigenvalue weighted by Gasteiger charge is -2.35. The van der Waals surface area contributed by atoms with E-state index in [1.165, 1.54) is 10.1 Å². The number of halogens is 2. The van der Waals surface area contributed by atoms with Crippen LogP contribution in [-0.4, -0.2) is 47.9 Å². The predicted octanol–water partition coefficient (Wildman–Crippen LogP) is 5.19. The van der Waals surface area contributed by atoms with Crippen molar-refractivity contribution in [2.24, 2.45) is 0 Å². The van der Waals surface area contributed by atoms with E-state index in [4.69, 9.17) is 0 Å². The smallest absolute Gasteiger partial charge is 0.258 e. The number of nitrogens with zero attached hydrogens (tertiary/aromatic N) is 3. The van der Waals surface area contributed by atoms with Crippen LogP contribution in [0.2, 0.25) is 0 Å². The zero-order valence-corrected chi connectivity index (χ0v) is 19.3. The summed E-state index contributed by atoms with van der Waals surface area (Å²) < 4.78 is 32.9. The van der Waals surface area contributed by atoms with E-state index in [0.29, 0.717) is 11.8 Å². The molecule has 1 fully saturated rings. The minimum Gasteiger partial charge on any atom is -0.353 e. The Labute approximate surface area is 200 Å². The molecule has 3 aromatic carbocycles. The van der Waals surface area contributed by atoms with Crippen LogP contribution in [0.3, 0.4) is 0 Å². The summed E-state index contributed by atoms with van der Waals surface area (Å²) in [6.07, 6.45) is 0.842. The summed E-state index contributed by atoms with van der Waals surface area (Å²) in [7, 11) is 0. The van der Waals surface area contributed by atoms with Crippen molar-refractivity contribution in [1.82, 2.24) is 9.27 Å². The maximum absolute atomic E-state index is 13.9. The van der Waals surface area contributed by atoms with Crippen LogP contribution >= 0.6 is 11.5 Å². The van der Waals surface area contributed by atoms with Crippen LogP contribution in [0.5, 0.6) is 0 Å². The van der Waals surface area contributed by atoms with Crippen molar-refractivity contribution in [3.8, 4) is 0 Å². The molecule has 0 radical (unpaired) electrons. The molecular weight excluding hydrogens is 454 g/mol. The number of carbonyl (C=O) groups excluding carboxylic acids is 1. The van der Waals surface area contributed by atoms with E-state index in [0.717, 1.165) is 62.7 Å². The van der Waals surface area contributed by atoms with Gasteiger partial charge in [0.05, 0.1) is 10.3 Å². The summed E-state index contributed by atoms with van der Waals surface area (Å²) in [4.78, 5) is 17.2. The molecular formula is C26H24F2N4OS. The van der Waals surface area contributed by atoms with Gasteiger partial charge in [-0.05, 0) is 59.9 Å². The van der Waals surface area contributed by atoms with E-state index < -0.39 is 17.5 Å².